The van der Waals surface area contributed by atoms with Gasteiger partial charge in [0.1, 0.15) is 0 Å². The summed E-state index contributed by atoms with van der Waals surface area (Å²) in [7, 11) is 0. The predicted octanol–water partition coefficient (Wildman–Crippen LogP) is 4.61. The second-order valence-corrected chi connectivity index (χ2v) is 5.97. The van der Waals surface area contributed by atoms with Crippen LogP contribution in [-0.4, -0.2) is 11.3 Å². The third kappa shape index (κ3) is 2.57. The van der Waals surface area contributed by atoms with E-state index in [0.717, 1.165) is 11.1 Å². The van der Waals surface area contributed by atoms with Crippen LogP contribution in [0.15, 0.2) is 22.4 Å². The maximum absolute atomic E-state index is 13.2. The number of alkyl halides is 3. The average molecular weight is 300 g/mol. The fraction of sp³-hybridized carbons (Fsp3) is 0.600. The zero-order valence-corrected chi connectivity index (χ0v) is 12.5. The smallest absolute Gasteiger partial charge is 0.392 e. The van der Waals surface area contributed by atoms with Crippen LogP contribution in [0.2, 0.25) is 0 Å². The third-order valence-electron chi connectivity index (χ3n) is 3.82. The van der Waals surface area contributed by atoms with Crippen molar-refractivity contribution in [1.29, 1.82) is 0 Å². The van der Waals surface area contributed by atoms with E-state index in [1.54, 1.807) is 0 Å². The summed E-state index contributed by atoms with van der Waals surface area (Å²) in [5.74, 6) is 0.0160. The van der Waals surface area contributed by atoms with E-state index in [0.29, 0.717) is 5.56 Å². The van der Waals surface area contributed by atoms with Gasteiger partial charge in [0.05, 0.1) is 6.61 Å². The van der Waals surface area contributed by atoms with E-state index >= 15 is 0 Å². The van der Waals surface area contributed by atoms with Crippen LogP contribution in [0.4, 0.5) is 13.2 Å². The molecule has 0 unspecified atom stereocenters. The fourth-order valence-electron chi connectivity index (χ4n) is 2.57. The van der Waals surface area contributed by atoms with E-state index in [9.17, 15) is 18.3 Å². The van der Waals surface area contributed by atoms with Gasteiger partial charge in [0, 0.05) is 5.56 Å². The number of rotatable bonds is 4. The van der Waals surface area contributed by atoms with Gasteiger partial charge in [-0.05, 0) is 28.5 Å². The van der Waals surface area contributed by atoms with Crippen molar-refractivity contribution in [3.8, 4) is 0 Å². The zero-order chi connectivity index (χ0) is 16.0. The summed E-state index contributed by atoms with van der Waals surface area (Å²) >= 11 is 0. The van der Waals surface area contributed by atoms with Gasteiger partial charge in [-0.1, -0.05) is 39.8 Å². The first-order valence-corrected chi connectivity index (χ1v) is 6.93. The number of halogens is 3. The number of benzene rings is 1. The summed E-state index contributed by atoms with van der Waals surface area (Å²) in [6.45, 7) is 7.38. The van der Waals surface area contributed by atoms with Crippen molar-refractivity contribution in [2.75, 3.05) is 0 Å². The highest BCUT2D eigenvalue weighted by atomic mass is 19.4. The highest BCUT2D eigenvalue weighted by Gasteiger charge is 2.65. The molecule has 1 heterocycles. The molecule has 0 saturated heterocycles. The molecule has 1 aliphatic heterocycles. The molecule has 2 rings (SSSR count). The number of aliphatic hydroxyl groups excluding tert-OH is 1. The van der Waals surface area contributed by atoms with E-state index < -0.39 is 11.8 Å². The molecule has 0 aliphatic carbocycles. The summed E-state index contributed by atoms with van der Waals surface area (Å²) < 4.78 is 39.6. The Morgan fingerprint density at radius 1 is 1.05 bits per heavy atom. The molecule has 6 heteroatoms. The SMILES string of the molecule is CC(C)c1cc(C2(C(F)(F)F)N=N2)cc(C(C)C)c1CO. The van der Waals surface area contributed by atoms with Crippen molar-refractivity contribution in [2.45, 2.75) is 58.0 Å². The van der Waals surface area contributed by atoms with E-state index in [2.05, 4.69) is 10.2 Å². The predicted molar refractivity (Wildman–Crippen MR) is 73.1 cm³/mol. The average Bonchev–Trinajstić information content (AvgIpc) is 3.17. The van der Waals surface area contributed by atoms with E-state index in [1.807, 2.05) is 27.7 Å². The van der Waals surface area contributed by atoms with Crippen LogP contribution >= 0.6 is 0 Å². The Hall–Kier alpha value is -1.43. The van der Waals surface area contributed by atoms with Gasteiger partial charge in [0.2, 0.25) is 0 Å². The highest BCUT2D eigenvalue weighted by Crippen LogP contribution is 2.53. The van der Waals surface area contributed by atoms with Crippen molar-refractivity contribution < 1.29 is 18.3 Å². The molecule has 1 aliphatic rings. The van der Waals surface area contributed by atoms with Crippen LogP contribution in [0.3, 0.4) is 0 Å². The molecule has 0 bridgehead atoms. The molecule has 116 valence electrons. The first-order valence-electron chi connectivity index (χ1n) is 6.93. The standard InChI is InChI=1S/C15H19F3N2O/c1-8(2)11-5-10(14(19-20-14)15(16,17)18)6-12(9(3)4)13(11)7-21/h5-6,8-9,21H,7H2,1-4H3. The molecular formula is C15H19F3N2O. The molecule has 1 aromatic carbocycles. The number of nitrogens with zero attached hydrogens (tertiary/aromatic N) is 2. The zero-order valence-electron chi connectivity index (χ0n) is 12.5. The summed E-state index contributed by atoms with van der Waals surface area (Å²) in [6.07, 6.45) is -4.53. The van der Waals surface area contributed by atoms with E-state index in [-0.39, 0.29) is 24.0 Å². The van der Waals surface area contributed by atoms with Crippen LogP contribution in [0.25, 0.3) is 0 Å². The second-order valence-electron chi connectivity index (χ2n) is 5.97. The van der Waals surface area contributed by atoms with Gasteiger partial charge in [-0.25, -0.2) is 0 Å². The molecule has 0 radical (unpaired) electrons. The van der Waals surface area contributed by atoms with Crippen molar-refractivity contribution in [3.63, 3.8) is 0 Å². The Bertz CT molecular complexity index is 542. The van der Waals surface area contributed by atoms with Crippen molar-refractivity contribution >= 4 is 0 Å². The Balaban J connectivity index is 2.65. The maximum Gasteiger partial charge on any atom is 0.442 e. The van der Waals surface area contributed by atoms with Crippen LogP contribution < -0.4 is 0 Å². The molecule has 3 nitrogen and oxygen atoms in total. The molecule has 0 aromatic heterocycles. The minimum Gasteiger partial charge on any atom is -0.392 e. The molecule has 0 amide bonds. The van der Waals surface area contributed by atoms with Gasteiger partial charge < -0.3 is 5.11 Å². The molecule has 0 saturated carbocycles. The van der Waals surface area contributed by atoms with Crippen LogP contribution in [-0.2, 0) is 12.3 Å². The quantitative estimate of drug-likeness (QED) is 0.867. The summed E-state index contributed by atoms with van der Waals surface area (Å²) in [5, 5.41) is 16.1. The van der Waals surface area contributed by atoms with Crippen molar-refractivity contribution in [3.05, 3.63) is 34.4 Å². The van der Waals surface area contributed by atoms with Crippen molar-refractivity contribution in [2.24, 2.45) is 10.2 Å². The van der Waals surface area contributed by atoms with Crippen LogP contribution in [0.1, 0.15) is 61.8 Å². The molecule has 1 N–H and O–H groups in total. The lowest BCUT2D eigenvalue weighted by Crippen LogP contribution is -2.30. The van der Waals surface area contributed by atoms with E-state index in [1.165, 1.54) is 12.1 Å². The van der Waals surface area contributed by atoms with E-state index in [4.69, 9.17) is 0 Å². The molecule has 1 aromatic rings. The lowest BCUT2D eigenvalue weighted by atomic mass is 9.84. The van der Waals surface area contributed by atoms with Gasteiger partial charge >= 0.3 is 11.8 Å². The Morgan fingerprint density at radius 3 is 1.71 bits per heavy atom. The summed E-state index contributed by atoms with van der Waals surface area (Å²) in [4.78, 5) is 0. The second kappa shape index (κ2) is 5.09. The number of hydrogen-bond donors (Lipinski definition) is 1. The molecule has 0 fully saturated rings. The third-order valence-corrected chi connectivity index (χ3v) is 3.82. The first-order chi connectivity index (χ1) is 9.64. The Labute approximate surface area is 121 Å². The lowest BCUT2D eigenvalue weighted by molar-refractivity contribution is -0.166. The topological polar surface area (TPSA) is 45.0 Å². The lowest BCUT2D eigenvalue weighted by Gasteiger charge is -2.23. The van der Waals surface area contributed by atoms with Crippen LogP contribution in [0, 0.1) is 0 Å². The van der Waals surface area contributed by atoms with Gasteiger partial charge in [-0.15, -0.1) is 10.2 Å². The summed E-state index contributed by atoms with van der Waals surface area (Å²) in [5.41, 5.74) is -0.213. The van der Waals surface area contributed by atoms with Gasteiger partial charge in [0.15, 0.2) is 0 Å². The normalized spacial score (nSPS) is 16.9. The highest BCUT2D eigenvalue weighted by molar-refractivity contribution is 5.46. The fourth-order valence-corrected chi connectivity index (χ4v) is 2.57. The minimum absolute atomic E-state index is 0.00799. The molecular weight excluding hydrogens is 281 g/mol. The summed E-state index contributed by atoms with van der Waals surface area (Å²) in [6, 6.07) is 2.96. The first kappa shape index (κ1) is 15.9. The van der Waals surface area contributed by atoms with Crippen molar-refractivity contribution in [1.82, 2.24) is 0 Å². The molecule has 0 atom stereocenters. The molecule has 21 heavy (non-hydrogen) atoms. The van der Waals surface area contributed by atoms with Crippen LogP contribution in [0.5, 0.6) is 0 Å². The Morgan fingerprint density at radius 2 is 1.48 bits per heavy atom. The molecule has 0 spiro atoms. The van der Waals surface area contributed by atoms with Gasteiger partial charge in [-0.3, -0.25) is 0 Å². The minimum atomic E-state index is -4.53. The monoisotopic (exact) mass is 300 g/mol. The van der Waals surface area contributed by atoms with Gasteiger partial charge in [-0.2, -0.15) is 13.2 Å². The number of hydrogen-bond acceptors (Lipinski definition) is 3. The van der Waals surface area contributed by atoms with Gasteiger partial charge in [0.25, 0.3) is 0 Å². The number of aliphatic hydroxyl groups is 1. The largest absolute Gasteiger partial charge is 0.442 e. The maximum atomic E-state index is 13.2. The Kier molecular flexibility index (Phi) is 3.86.